The molecule has 0 aliphatic heterocycles. The summed E-state index contributed by atoms with van der Waals surface area (Å²) >= 11 is 0. The minimum atomic E-state index is -0.445. The Morgan fingerprint density at radius 1 is 1.27 bits per heavy atom. The van der Waals surface area contributed by atoms with Gasteiger partial charge in [0, 0.05) is 19.1 Å². The first-order valence-corrected chi connectivity index (χ1v) is 8.38. The summed E-state index contributed by atoms with van der Waals surface area (Å²) in [5.74, 6) is 2.39. The zero-order chi connectivity index (χ0) is 16.2. The minimum Gasteiger partial charge on any atom is -0.444 e. The Kier molecular flexibility index (Phi) is 5.68. The highest BCUT2D eigenvalue weighted by atomic mass is 16.6. The topological polar surface area (TPSA) is 50.4 Å². The van der Waals surface area contributed by atoms with Gasteiger partial charge in [0.05, 0.1) is 0 Å². The van der Waals surface area contributed by atoms with Crippen LogP contribution in [0.3, 0.4) is 0 Å². The van der Waals surface area contributed by atoms with E-state index in [1.165, 1.54) is 12.8 Å². The predicted octanol–water partition coefficient (Wildman–Crippen LogP) is 3.26. The molecule has 1 fully saturated rings. The molecule has 0 radical (unpaired) electrons. The number of hydrogen-bond acceptors (Lipinski definition) is 3. The molecular formula is C18H30N2O2. The molecule has 2 rings (SSSR count). The molecule has 2 aliphatic rings. The van der Waals surface area contributed by atoms with Gasteiger partial charge in [0.2, 0.25) is 0 Å². The van der Waals surface area contributed by atoms with Gasteiger partial charge in [-0.1, -0.05) is 24.3 Å². The number of rotatable bonds is 6. The number of carbonyl (C=O) groups is 1. The molecule has 0 aromatic heterocycles. The van der Waals surface area contributed by atoms with E-state index >= 15 is 0 Å². The lowest BCUT2D eigenvalue weighted by Gasteiger charge is -2.25. The van der Waals surface area contributed by atoms with Crippen molar-refractivity contribution in [3.63, 3.8) is 0 Å². The first-order chi connectivity index (χ1) is 10.3. The van der Waals surface area contributed by atoms with Crippen molar-refractivity contribution < 1.29 is 9.53 Å². The maximum absolute atomic E-state index is 11.5. The molecule has 1 amide bonds. The third-order valence-electron chi connectivity index (χ3n) is 4.46. The van der Waals surface area contributed by atoms with E-state index in [9.17, 15) is 4.79 Å². The number of ether oxygens (including phenoxy) is 1. The Balaban J connectivity index is 1.56. The molecule has 124 valence electrons. The summed E-state index contributed by atoms with van der Waals surface area (Å²) in [4.78, 5) is 11.5. The van der Waals surface area contributed by atoms with Gasteiger partial charge in [-0.2, -0.15) is 0 Å². The number of allylic oxidation sites excluding steroid dienone is 2. The lowest BCUT2D eigenvalue weighted by atomic mass is 9.87. The van der Waals surface area contributed by atoms with Crippen molar-refractivity contribution >= 4 is 6.09 Å². The maximum atomic E-state index is 11.5. The molecule has 0 heterocycles. The standard InChI is InChI=1S/C18H30N2O2/c1-13(16-12-14-7-8-15(16)11-14)19-9-5-6-10-20-17(21)22-18(2,3)4/h5-8,13-16,19H,9-12H2,1-4H3,(H,20,21)/b6-5+. The monoisotopic (exact) mass is 306 g/mol. The van der Waals surface area contributed by atoms with Crippen LogP contribution in [0.2, 0.25) is 0 Å². The fourth-order valence-electron chi connectivity index (χ4n) is 3.43. The number of nitrogens with one attached hydrogen (secondary N) is 2. The lowest BCUT2D eigenvalue weighted by Crippen LogP contribution is -2.35. The summed E-state index contributed by atoms with van der Waals surface area (Å²) in [7, 11) is 0. The van der Waals surface area contributed by atoms with Crippen molar-refractivity contribution in [1.82, 2.24) is 10.6 Å². The van der Waals surface area contributed by atoms with E-state index in [4.69, 9.17) is 4.74 Å². The molecule has 1 saturated carbocycles. The summed E-state index contributed by atoms with van der Waals surface area (Å²) in [5.41, 5.74) is -0.445. The molecule has 0 aromatic rings. The Morgan fingerprint density at radius 2 is 2.00 bits per heavy atom. The second kappa shape index (κ2) is 7.32. The van der Waals surface area contributed by atoms with Crippen LogP contribution in [-0.2, 0) is 4.74 Å². The first-order valence-electron chi connectivity index (χ1n) is 8.38. The molecule has 0 spiro atoms. The summed E-state index contributed by atoms with van der Waals surface area (Å²) < 4.78 is 5.17. The number of carbonyl (C=O) groups excluding carboxylic acids is 1. The zero-order valence-corrected chi connectivity index (χ0v) is 14.3. The average molecular weight is 306 g/mol. The second-order valence-corrected chi connectivity index (χ2v) is 7.50. The molecule has 4 unspecified atom stereocenters. The van der Waals surface area contributed by atoms with Crippen molar-refractivity contribution in [1.29, 1.82) is 0 Å². The van der Waals surface area contributed by atoms with Crippen LogP contribution >= 0.6 is 0 Å². The van der Waals surface area contributed by atoms with E-state index in [-0.39, 0.29) is 6.09 Å². The highest BCUT2D eigenvalue weighted by Crippen LogP contribution is 2.44. The van der Waals surface area contributed by atoms with Crippen LogP contribution < -0.4 is 10.6 Å². The van der Waals surface area contributed by atoms with Crippen LogP contribution in [0.25, 0.3) is 0 Å². The number of amides is 1. The molecule has 2 aliphatic carbocycles. The maximum Gasteiger partial charge on any atom is 0.407 e. The third kappa shape index (κ3) is 5.16. The molecule has 4 heteroatoms. The molecule has 2 bridgehead atoms. The molecule has 0 saturated heterocycles. The summed E-state index contributed by atoms with van der Waals surface area (Å²) in [6, 6.07) is 0.545. The van der Waals surface area contributed by atoms with Crippen LogP contribution in [0.5, 0.6) is 0 Å². The first kappa shape index (κ1) is 17.1. The van der Waals surface area contributed by atoms with Gasteiger partial charge >= 0.3 is 6.09 Å². The van der Waals surface area contributed by atoms with Gasteiger partial charge in [-0.05, 0) is 58.3 Å². The van der Waals surface area contributed by atoms with Gasteiger partial charge in [0.1, 0.15) is 5.60 Å². The summed E-state index contributed by atoms with van der Waals surface area (Å²) in [6.45, 7) is 9.21. The quantitative estimate of drug-likeness (QED) is 0.741. The van der Waals surface area contributed by atoms with Crippen LogP contribution in [0.1, 0.15) is 40.5 Å². The predicted molar refractivity (Wildman–Crippen MR) is 89.7 cm³/mol. The molecule has 0 aromatic carbocycles. The zero-order valence-electron chi connectivity index (χ0n) is 14.3. The molecule has 4 nitrogen and oxygen atoms in total. The summed E-state index contributed by atoms with van der Waals surface area (Å²) in [6.07, 6.45) is 11.1. The van der Waals surface area contributed by atoms with Crippen LogP contribution in [0, 0.1) is 17.8 Å². The fourth-order valence-corrected chi connectivity index (χ4v) is 3.43. The summed E-state index contributed by atoms with van der Waals surface area (Å²) in [5, 5.41) is 6.29. The Morgan fingerprint density at radius 3 is 2.59 bits per heavy atom. The Bertz CT molecular complexity index is 437. The van der Waals surface area contributed by atoms with E-state index in [1.807, 2.05) is 26.8 Å². The van der Waals surface area contributed by atoms with Gasteiger partial charge in [-0.3, -0.25) is 0 Å². The second-order valence-electron chi connectivity index (χ2n) is 7.50. The Labute approximate surface area is 134 Å². The number of hydrogen-bond donors (Lipinski definition) is 2. The van der Waals surface area contributed by atoms with Gasteiger partial charge in [-0.15, -0.1) is 0 Å². The van der Waals surface area contributed by atoms with E-state index in [0.717, 1.165) is 24.3 Å². The van der Waals surface area contributed by atoms with Crippen LogP contribution in [-0.4, -0.2) is 30.8 Å². The lowest BCUT2D eigenvalue weighted by molar-refractivity contribution is 0.0534. The minimum absolute atomic E-state index is 0.368. The molecule has 22 heavy (non-hydrogen) atoms. The van der Waals surface area contributed by atoms with Gasteiger partial charge in [0.25, 0.3) is 0 Å². The smallest absolute Gasteiger partial charge is 0.407 e. The van der Waals surface area contributed by atoms with Gasteiger partial charge in [-0.25, -0.2) is 4.79 Å². The fraction of sp³-hybridized carbons (Fsp3) is 0.722. The van der Waals surface area contributed by atoms with Crippen LogP contribution in [0.15, 0.2) is 24.3 Å². The van der Waals surface area contributed by atoms with E-state index in [1.54, 1.807) is 0 Å². The van der Waals surface area contributed by atoms with Crippen molar-refractivity contribution in [2.24, 2.45) is 17.8 Å². The van der Waals surface area contributed by atoms with E-state index < -0.39 is 5.60 Å². The van der Waals surface area contributed by atoms with Gasteiger partial charge in [0.15, 0.2) is 0 Å². The van der Waals surface area contributed by atoms with Crippen LogP contribution in [0.4, 0.5) is 4.79 Å². The third-order valence-corrected chi connectivity index (χ3v) is 4.46. The molecular weight excluding hydrogens is 276 g/mol. The average Bonchev–Trinajstić information content (AvgIpc) is 3.02. The van der Waals surface area contributed by atoms with Gasteiger partial charge < -0.3 is 15.4 Å². The highest BCUT2D eigenvalue weighted by Gasteiger charge is 2.37. The van der Waals surface area contributed by atoms with Crippen molar-refractivity contribution in [2.45, 2.75) is 52.2 Å². The van der Waals surface area contributed by atoms with E-state index in [0.29, 0.717) is 12.6 Å². The number of fused-ring (bicyclic) bond motifs is 2. The molecule has 4 atom stereocenters. The van der Waals surface area contributed by atoms with Crippen molar-refractivity contribution in [2.75, 3.05) is 13.1 Å². The number of alkyl carbamates (subject to hydrolysis) is 1. The Hall–Kier alpha value is -1.29. The van der Waals surface area contributed by atoms with Crippen molar-refractivity contribution in [3.05, 3.63) is 24.3 Å². The largest absolute Gasteiger partial charge is 0.444 e. The highest BCUT2D eigenvalue weighted by molar-refractivity contribution is 5.67. The van der Waals surface area contributed by atoms with Crippen molar-refractivity contribution in [3.8, 4) is 0 Å². The normalized spacial score (nSPS) is 28.3. The molecule has 2 N–H and O–H groups in total. The van der Waals surface area contributed by atoms with E-state index in [2.05, 4.69) is 35.8 Å². The SMILES string of the molecule is CC(NC/C=C/CNC(=O)OC(C)(C)C)C1CC2C=CC1C2.